The van der Waals surface area contributed by atoms with E-state index in [0.717, 1.165) is 23.7 Å². The molecule has 1 aliphatic rings. The van der Waals surface area contributed by atoms with Crippen molar-refractivity contribution in [3.63, 3.8) is 0 Å². The number of carbonyl (C=O) groups is 2. The molecule has 2 atom stereocenters. The number of likely N-dealkylation sites (tertiary alicyclic amines) is 1. The van der Waals surface area contributed by atoms with Gasteiger partial charge in [-0.1, -0.05) is 60.4 Å². The zero-order chi connectivity index (χ0) is 22.3. The number of rotatable bonds is 8. The molecule has 1 aromatic carbocycles. The zero-order valence-corrected chi connectivity index (χ0v) is 21.9. The predicted molar refractivity (Wildman–Crippen MR) is 133 cm³/mol. The second kappa shape index (κ2) is 11.8. The number of amides is 2. The van der Waals surface area contributed by atoms with Crippen LogP contribution in [0.1, 0.15) is 45.6 Å². The van der Waals surface area contributed by atoms with Gasteiger partial charge in [-0.2, -0.15) is 0 Å². The highest BCUT2D eigenvalue weighted by molar-refractivity contribution is 14.2. The van der Waals surface area contributed by atoms with Gasteiger partial charge in [-0.05, 0) is 62.6 Å². The van der Waals surface area contributed by atoms with Gasteiger partial charge in [0.25, 0.3) is 0 Å². The number of benzene rings is 1. The average Bonchev–Trinajstić information content (AvgIpc) is 2.68. The quantitative estimate of drug-likeness (QED) is 0.321. The number of nitrogens with one attached hydrogen (secondary N) is 1. The monoisotopic (exact) mass is 566 g/mol. The van der Waals surface area contributed by atoms with Crippen LogP contribution in [0, 0.1) is 17.3 Å². The van der Waals surface area contributed by atoms with Crippen LogP contribution >= 0.6 is 41.7 Å². The van der Waals surface area contributed by atoms with Crippen molar-refractivity contribution in [3.05, 3.63) is 34.9 Å². The first-order chi connectivity index (χ1) is 14.2. The molecule has 0 bridgehead atoms. The smallest absolute Gasteiger partial charge is 0.407 e. The Morgan fingerprint density at radius 1 is 1.33 bits per heavy atom. The van der Waals surface area contributed by atoms with Gasteiger partial charge in [-0.3, -0.25) is 4.79 Å². The molecule has 168 valence electrons. The second-order valence-electron chi connectivity index (χ2n) is 8.82. The fraction of sp³-hybridized carbons (Fsp3) is 0.636. The van der Waals surface area contributed by atoms with E-state index in [9.17, 15) is 9.59 Å². The Morgan fingerprint density at radius 2 is 2.00 bits per heavy atom. The van der Waals surface area contributed by atoms with Crippen LogP contribution in [0.25, 0.3) is 0 Å². The largest absolute Gasteiger partial charge is 0.449 e. The van der Waals surface area contributed by atoms with E-state index in [2.05, 4.69) is 52.5 Å². The molecule has 8 heteroatoms. The third kappa shape index (κ3) is 7.19. The lowest BCUT2D eigenvalue weighted by Gasteiger charge is -2.45. The summed E-state index contributed by atoms with van der Waals surface area (Å²) in [6.07, 6.45) is 0.454. The van der Waals surface area contributed by atoms with Gasteiger partial charge >= 0.3 is 6.09 Å². The van der Waals surface area contributed by atoms with Crippen LogP contribution in [0.2, 0.25) is 5.02 Å². The number of ether oxygens (including phenoxy) is 1. The van der Waals surface area contributed by atoms with E-state index in [4.69, 9.17) is 16.3 Å². The molecule has 1 aliphatic heterocycles. The number of halogens is 2. The van der Waals surface area contributed by atoms with Crippen molar-refractivity contribution in [1.82, 2.24) is 10.2 Å². The normalized spacial score (nSPS) is 19.4. The molecule has 2 amide bonds. The Labute approximate surface area is 201 Å². The number of alkyl carbamates (subject to hydrolysis) is 1. The Bertz CT molecular complexity index is 715. The van der Waals surface area contributed by atoms with Gasteiger partial charge in [-0.15, -0.1) is 0 Å². The molecule has 1 fully saturated rings. The minimum atomic E-state index is -0.458. The molecule has 0 aliphatic carbocycles. The third-order valence-electron chi connectivity index (χ3n) is 5.80. The molecule has 0 saturated carbocycles. The van der Waals surface area contributed by atoms with Crippen molar-refractivity contribution in [2.24, 2.45) is 17.3 Å². The first kappa shape index (κ1) is 25.6. The summed E-state index contributed by atoms with van der Waals surface area (Å²) >= 11 is 8.21. The van der Waals surface area contributed by atoms with E-state index in [1.807, 2.05) is 30.9 Å². The predicted octanol–water partition coefficient (Wildman–Crippen LogP) is 5.76. The summed E-state index contributed by atoms with van der Waals surface area (Å²) in [6.45, 7) is 10.6. The van der Waals surface area contributed by atoms with Gasteiger partial charge in [0.2, 0.25) is 5.91 Å². The van der Waals surface area contributed by atoms with Gasteiger partial charge < -0.3 is 15.0 Å². The highest BCUT2D eigenvalue weighted by Crippen LogP contribution is 2.42. The molecule has 2 rings (SSSR count). The maximum atomic E-state index is 13.3. The second-order valence-corrected chi connectivity index (χ2v) is 11.8. The van der Waals surface area contributed by atoms with Crippen LogP contribution in [0.3, 0.4) is 0 Å². The number of hydrogen-bond donors (Lipinski definition) is 1. The Balaban J connectivity index is 1.99. The summed E-state index contributed by atoms with van der Waals surface area (Å²) in [5, 5.41) is 3.51. The van der Waals surface area contributed by atoms with E-state index in [1.54, 1.807) is 8.93 Å². The summed E-state index contributed by atoms with van der Waals surface area (Å²) in [6, 6.07) is 8.05. The van der Waals surface area contributed by atoms with Crippen LogP contribution < -0.4 is 5.32 Å². The van der Waals surface area contributed by atoms with Crippen molar-refractivity contribution in [3.8, 4) is 0 Å². The van der Waals surface area contributed by atoms with Crippen molar-refractivity contribution in [1.29, 1.82) is 0 Å². The van der Waals surface area contributed by atoms with E-state index in [0.29, 0.717) is 25.6 Å². The van der Waals surface area contributed by atoms with Gasteiger partial charge in [0, 0.05) is 30.4 Å². The minimum absolute atomic E-state index is 0.0489. The van der Waals surface area contributed by atoms with Crippen LogP contribution in [0.4, 0.5) is 4.79 Å². The molecular weight excluding hydrogens is 535 g/mol. The SMILES string of the molecule is CC(C)C(CNC(=O)OCCSI)C(=O)N1CCC(c2ccc(Cl)cc2)C(C)(C)C1. The highest BCUT2D eigenvalue weighted by atomic mass is 127. The molecule has 2 unspecified atom stereocenters. The van der Waals surface area contributed by atoms with Gasteiger partial charge in [0.05, 0.1) is 5.92 Å². The van der Waals surface area contributed by atoms with Crippen molar-refractivity contribution in [2.75, 3.05) is 32.0 Å². The summed E-state index contributed by atoms with van der Waals surface area (Å²) in [7, 11) is 1.59. The molecule has 30 heavy (non-hydrogen) atoms. The van der Waals surface area contributed by atoms with E-state index < -0.39 is 6.09 Å². The standard InChI is InChI=1S/C22H32ClIN2O3S/c1-15(2)18(13-25-21(28)29-11-12-30-24)20(27)26-10-9-19(22(3,4)14-26)16-5-7-17(23)8-6-16/h5-8,15,18-19H,9-14H2,1-4H3,(H,25,28). The fourth-order valence-electron chi connectivity index (χ4n) is 4.11. The van der Waals surface area contributed by atoms with Gasteiger partial charge in [0.15, 0.2) is 0 Å². The molecule has 1 heterocycles. The lowest BCUT2D eigenvalue weighted by molar-refractivity contribution is -0.140. The third-order valence-corrected chi connectivity index (χ3v) is 7.69. The first-order valence-electron chi connectivity index (χ1n) is 10.3. The number of hydrogen-bond acceptors (Lipinski definition) is 4. The zero-order valence-electron chi connectivity index (χ0n) is 18.1. The molecule has 1 saturated heterocycles. The van der Waals surface area contributed by atoms with Gasteiger partial charge in [0.1, 0.15) is 6.61 Å². The van der Waals surface area contributed by atoms with Crippen LogP contribution in [-0.2, 0) is 9.53 Å². The molecule has 1 aromatic rings. The summed E-state index contributed by atoms with van der Waals surface area (Å²) in [5.41, 5.74) is 1.22. The maximum Gasteiger partial charge on any atom is 0.407 e. The summed E-state index contributed by atoms with van der Waals surface area (Å²) in [4.78, 5) is 27.2. The van der Waals surface area contributed by atoms with Gasteiger partial charge in [-0.25, -0.2) is 4.79 Å². The number of carbonyl (C=O) groups excluding carboxylic acids is 2. The maximum absolute atomic E-state index is 13.3. The summed E-state index contributed by atoms with van der Waals surface area (Å²) in [5.74, 6) is 1.09. The molecular formula is C22H32ClIN2O3S. The molecule has 0 radical (unpaired) electrons. The van der Waals surface area contributed by atoms with Crippen LogP contribution in [0.15, 0.2) is 24.3 Å². The van der Waals surface area contributed by atoms with Crippen molar-refractivity contribution in [2.45, 2.75) is 40.0 Å². The van der Waals surface area contributed by atoms with E-state index in [1.165, 1.54) is 5.56 Å². The topological polar surface area (TPSA) is 58.6 Å². The minimum Gasteiger partial charge on any atom is -0.449 e. The van der Waals surface area contributed by atoms with Crippen LogP contribution in [-0.4, -0.2) is 48.9 Å². The average molecular weight is 567 g/mol. The molecule has 0 spiro atoms. The molecule has 5 nitrogen and oxygen atoms in total. The first-order valence-corrected chi connectivity index (χ1v) is 14.2. The fourth-order valence-corrected chi connectivity index (χ4v) is 4.92. The summed E-state index contributed by atoms with van der Waals surface area (Å²) < 4.78 is 5.13. The molecule has 0 aromatic heterocycles. The van der Waals surface area contributed by atoms with Crippen LogP contribution in [0.5, 0.6) is 0 Å². The van der Waals surface area contributed by atoms with E-state index >= 15 is 0 Å². The lowest BCUT2D eigenvalue weighted by atomic mass is 9.70. The number of piperidine rings is 1. The molecule has 1 N–H and O–H groups in total. The Morgan fingerprint density at radius 3 is 2.57 bits per heavy atom. The van der Waals surface area contributed by atoms with Crippen molar-refractivity contribution >= 4 is 53.7 Å². The lowest BCUT2D eigenvalue weighted by Crippen LogP contribution is -2.51. The van der Waals surface area contributed by atoms with Crippen molar-refractivity contribution < 1.29 is 14.3 Å². The Hall–Kier alpha value is -0.670. The Kier molecular flexibility index (Phi) is 10.1. The van der Waals surface area contributed by atoms with E-state index in [-0.39, 0.29) is 23.2 Å². The number of nitrogens with zero attached hydrogens (tertiary/aromatic N) is 1. The highest BCUT2D eigenvalue weighted by Gasteiger charge is 2.40.